The summed E-state index contributed by atoms with van der Waals surface area (Å²) < 4.78 is 0.664. The molecule has 0 bridgehead atoms. The van der Waals surface area contributed by atoms with Crippen molar-refractivity contribution in [3.05, 3.63) is 57.2 Å². The monoisotopic (exact) mass is 292 g/mol. The van der Waals surface area contributed by atoms with Gasteiger partial charge in [0.1, 0.15) is 0 Å². The molecule has 0 atom stereocenters. The van der Waals surface area contributed by atoms with Crippen LogP contribution >= 0.6 is 22.9 Å². The summed E-state index contributed by atoms with van der Waals surface area (Å²) in [5, 5.41) is 0. The van der Waals surface area contributed by atoms with Crippen LogP contribution in [0.2, 0.25) is 4.34 Å². The highest BCUT2D eigenvalue weighted by atomic mass is 35.5. The van der Waals surface area contributed by atoms with Crippen molar-refractivity contribution >= 4 is 28.7 Å². The predicted octanol–water partition coefficient (Wildman–Crippen LogP) is 5.34. The first-order valence-electron chi connectivity index (χ1n) is 6.49. The lowest BCUT2D eigenvalue weighted by molar-refractivity contribution is 0.0877. The first-order chi connectivity index (χ1) is 9.14. The van der Waals surface area contributed by atoms with Crippen LogP contribution in [0.5, 0.6) is 0 Å². The molecule has 0 spiro atoms. The van der Waals surface area contributed by atoms with E-state index in [0.29, 0.717) is 4.34 Å². The van der Waals surface area contributed by atoms with Crippen molar-refractivity contribution in [1.82, 2.24) is 0 Å². The first kappa shape index (κ1) is 14.3. The SMILES string of the molecule is CCC(CC)(C(=O)c1ccc(Cl)s1)c1ccccc1. The third-order valence-corrected chi connectivity index (χ3v) is 5.00. The fourth-order valence-electron chi connectivity index (χ4n) is 2.54. The van der Waals surface area contributed by atoms with Gasteiger partial charge in [-0.1, -0.05) is 55.8 Å². The molecule has 0 N–H and O–H groups in total. The van der Waals surface area contributed by atoms with Crippen LogP contribution in [-0.2, 0) is 5.41 Å². The number of thiophene rings is 1. The maximum atomic E-state index is 12.9. The lowest BCUT2D eigenvalue weighted by Gasteiger charge is -2.30. The highest BCUT2D eigenvalue weighted by Crippen LogP contribution is 2.37. The van der Waals surface area contributed by atoms with Gasteiger partial charge in [-0.3, -0.25) is 4.79 Å². The molecule has 0 radical (unpaired) electrons. The fourth-order valence-corrected chi connectivity index (χ4v) is 3.62. The largest absolute Gasteiger partial charge is 0.292 e. The molecule has 19 heavy (non-hydrogen) atoms. The summed E-state index contributed by atoms with van der Waals surface area (Å²) in [5.41, 5.74) is 0.657. The van der Waals surface area contributed by atoms with Gasteiger partial charge in [0, 0.05) is 0 Å². The summed E-state index contributed by atoms with van der Waals surface area (Å²) in [6.45, 7) is 4.15. The molecule has 2 rings (SSSR count). The van der Waals surface area contributed by atoms with E-state index in [4.69, 9.17) is 11.6 Å². The summed E-state index contributed by atoms with van der Waals surface area (Å²) >= 11 is 7.32. The number of Topliss-reactive ketones (excluding diaryl/α,β-unsaturated/α-hetero) is 1. The second-order valence-electron chi connectivity index (χ2n) is 4.59. The van der Waals surface area contributed by atoms with Gasteiger partial charge in [-0.05, 0) is 30.5 Å². The molecule has 0 aliphatic carbocycles. The Morgan fingerprint density at radius 2 is 1.74 bits per heavy atom. The minimum Gasteiger partial charge on any atom is -0.292 e. The summed E-state index contributed by atoms with van der Waals surface area (Å²) in [7, 11) is 0. The topological polar surface area (TPSA) is 17.1 Å². The van der Waals surface area contributed by atoms with Crippen LogP contribution in [0.4, 0.5) is 0 Å². The van der Waals surface area contributed by atoms with Crippen molar-refractivity contribution in [2.75, 3.05) is 0 Å². The predicted molar refractivity (Wildman–Crippen MR) is 82.4 cm³/mol. The zero-order valence-corrected chi connectivity index (χ0v) is 12.7. The Morgan fingerprint density at radius 1 is 1.11 bits per heavy atom. The van der Waals surface area contributed by atoms with E-state index in [1.807, 2.05) is 36.4 Å². The Hall–Kier alpha value is -1.12. The molecule has 0 amide bonds. The average Bonchev–Trinajstić information content (AvgIpc) is 2.88. The van der Waals surface area contributed by atoms with Gasteiger partial charge >= 0.3 is 0 Å². The average molecular weight is 293 g/mol. The van der Waals surface area contributed by atoms with Crippen molar-refractivity contribution in [2.24, 2.45) is 0 Å². The van der Waals surface area contributed by atoms with Crippen LogP contribution < -0.4 is 0 Å². The smallest absolute Gasteiger partial charge is 0.183 e. The molecule has 100 valence electrons. The van der Waals surface area contributed by atoms with E-state index in [9.17, 15) is 4.79 Å². The molecule has 0 aliphatic heterocycles. The van der Waals surface area contributed by atoms with Gasteiger partial charge in [0.2, 0.25) is 0 Å². The highest BCUT2D eigenvalue weighted by molar-refractivity contribution is 7.18. The van der Waals surface area contributed by atoms with E-state index >= 15 is 0 Å². The highest BCUT2D eigenvalue weighted by Gasteiger charge is 2.37. The van der Waals surface area contributed by atoms with Crippen molar-refractivity contribution in [3.63, 3.8) is 0 Å². The fraction of sp³-hybridized carbons (Fsp3) is 0.312. The molecule has 0 unspecified atom stereocenters. The van der Waals surface area contributed by atoms with Crippen LogP contribution in [0.25, 0.3) is 0 Å². The number of hydrogen-bond donors (Lipinski definition) is 0. The van der Waals surface area contributed by atoms with E-state index in [2.05, 4.69) is 13.8 Å². The van der Waals surface area contributed by atoms with E-state index in [0.717, 1.165) is 23.3 Å². The maximum Gasteiger partial charge on any atom is 0.183 e. The lowest BCUT2D eigenvalue weighted by atomic mass is 9.72. The Balaban J connectivity index is 2.48. The molecule has 2 aromatic rings. The zero-order valence-electron chi connectivity index (χ0n) is 11.2. The molecule has 0 fully saturated rings. The summed E-state index contributed by atoms with van der Waals surface area (Å²) in [5.74, 6) is 0.181. The van der Waals surface area contributed by atoms with E-state index in [1.54, 1.807) is 6.07 Å². The van der Waals surface area contributed by atoms with Gasteiger partial charge in [-0.25, -0.2) is 0 Å². The van der Waals surface area contributed by atoms with Crippen molar-refractivity contribution in [3.8, 4) is 0 Å². The number of halogens is 1. The summed E-state index contributed by atoms with van der Waals surface area (Å²) in [4.78, 5) is 13.6. The maximum absolute atomic E-state index is 12.9. The van der Waals surface area contributed by atoms with E-state index < -0.39 is 5.41 Å². The van der Waals surface area contributed by atoms with Gasteiger partial charge in [-0.2, -0.15) is 0 Å². The third-order valence-electron chi connectivity index (χ3n) is 3.77. The van der Waals surface area contributed by atoms with Crippen LogP contribution in [0.15, 0.2) is 42.5 Å². The summed E-state index contributed by atoms with van der Waals surface area (Å²) in [6, 6.07) is 13.7. The molecular weight excluding hydrogens is 276 g/mol. The molecule has 0 aliphatic rings. The lowest BCUT2D eigenvalue weighted by Crippen LogP contribution is -2.34. The molecule has 0 saturated carbocycles. The van der Waals surface area contributed by atoms with Gasteiger partial charge < -0.3 is 0 Å². The second-order valence-corrected chi connectivity index (χ2v) is 6.30. The zero-order chi connectivity index (χ0) is 13.9. The van der Waals surface area contributed by atoms with Crippen molar-refractivity contribution in [2.45, 2.75) is 32.1 Å². The van der Waals surface area contributed by atoms with E-state index in [-0.39, 0.29) is 5.78 Å². The van der Waals surface area contributed by atoms with E-state index in [1.165, 1.54) is 11.3 Å². The standard InChI is InChI=1S/C16H17ClOS/c1-3-16(4-2,12-8-6-5-7-9-12)15(18)13-10-11-14(17)19-13/h5-11H,3-4H2,1-2H3. The van der Waals surface area contributed by atoms with Gasteiger partial charge in [0.25, 0.3) is 0 Å². The Kier molecular flexibility index (Phi) is 4.43. The molecule has 3 heteroatoms. The van der Waals surface area contributed by atoms with Crippen molar-refractivity contribution in [1.29, 1.82) is 0 Å². The Labute approximate surface area is 123 Å². The normalized spacial score (nSPS) is 11.5. The molecule has 1 aromatic heterocycles. The Morgan fingerprint density at radius 3 is 2.21 bits per heavy atom. The minimum absolute atomic E-state index is 0.181. The van der Waals surface area contributed by atoms with Crippen molar-refractivity contribution < 1.29 is 4.79 Å². The molecule has 1 nitrogen and oxygen atoms in total. The number of hydrogen-bond acceptors (Lipinski definition) is 2. The molecular formula is C16H17ClOS. The Bertz CT molecular complexity index is 555. The van der Waals surface area contributed by atoms with Gasteiger partial charge in [-0.15, -0.1) is 11.3 Å². The van der Waals surface area contributed by atoms with Crippen LogP contribution in [0, 0.1) is 0 Å². The quantitative estimate of drug-likeness (QED) is 0.680. The molecule has 0 saturated heterocycles. The number of rotatable bonds is 5. The number of ketones is 1. The second kappa shape index (κ2) is 5.89. The molecule has 1 heterocycles. The van der Waals surface area contributed by atoms with Crippen LogP contribution in [0.3, 0.4) is 0 Å². The van der Waals surface area contributed by atoms with Gasteiger partial charge in [0.15, 0.2) is 5.78 Å². The van der Waals surface area contributed by atoms with Crippen LogP contribution in [-0.4, -0.2) is 5.78 Å². The number of carbonyl (C=O) groups is 1. The number of benzene rings is 1. The van der Waals surface area contributed by atoms with Crippen LogP contribution in [0.1, 0.15) is 41.9 Å². The molecule has 1 aromatic carbocycles. The summed E-state index contributed by atoms with van der Waals surface area (Å²) in [6.07, 6.45) is 1.59. The number of carbonyl (C=O) groups excluding carboxylic acids is 1. The third kappa shape index (κ3) is 2.60. The first-order valence-corrected chi connectivity index (χ1v) is 7.69. The van der Waals surface area contributed by atoms with Gasteiger partial charge in [0.05, 0.1) is 14.6 Å². The minimum atomic E-state index is -0.435.